The predicted molar refractivity (Wildman–Crippen MR) is 74.3 cm³/mol. The Balaban J connectivity index is 2.02. The van der Waals surface area contributed by atoms with Crippen molar-refractivity contribution in [1.82, 2.24) is 0 Å². The normalized spacial score (nSPS) is 9.90. The van der Waals surface area contributed by atoms with Crippen molar-refractivity contribution < 1.29 is 27.6 Å². The summed E-state index contributed by atoms with van der Waals surface area (Å²) in [4.78, 5) is 0. The van der Waals surface area contributed by atoms with Gasteiger partial charge in [-0.2, -0.15) is 0 Å². The summed E-state index contributed by atoms with van der Waals surface area (Å²) in [5.74, 6) is 0.315. The fourth-order valence-corrected chi connectivity index (χ4v) is 1.68. The number of benzene rings is 2. The summed E-state index contributed by atoms with van der Waals surface area (Å²) in [5, 5.41) is 0. The number of hydrogen-bond donors (Lipinski definition) is 0. The molecule has 0 saturated carbocycles. The molecule has 0 N–H and O–H groups in total. The summed E-state index contributed by atoms with van der Waals surface area (Å²) >= 11 is 0. The summed E-state index contributed by atoms with van der Waals surface area (Å²) in [5.41, 5.74) is 0. The first-order valence-corrected chi connectivity index (χ1v) is 6.06. The lowest BCUT2D eigenvalue weighted by Gasteiger charge is -2.12. The predicted octanol–water partition coefficient (Wildman–Crippen LogP) is 2.71. The van der Waals surface area contributed by atoms with Crippen molar-refractivity contribution in [2.75, 3.05) is 14.2 Å². The van der Waals surface area contributed by atoms with Crippen molar-refractivity contribution in [1.29, 1.82) is 0 Å². The van der Waals surface area contributed by atoms with Gasteiger partial charge in [-0.1, -0.05) is 0 Å². The zero-order valence-corrected chi connectivity index (χ0v) is 11.6. The first-order chi connectivity index (χ1) is 10.1. The van der Waals surface area contributed by atoms with Crippen molar-refractivity contribution in [3.63, 3.8) is 0 Å². The maximum atomic E-state index is 13.0. The number of ether oxygens (including phenoxy) is 2. The largest absolute Gasteiger partial charge is 0.576 e. The summed E-state index contributed by atoms with van der Waals surface area (Å²) < 4.78 is 46.8. The van der Waals surface area contributed by atoms with Gasteiger partial charge >= 0.3 is 7.69 Å². The van der Waals surface area contributed by atoms with Crippen LogP contribution in [0, 0.1) is 11.6 Å². The van der Waals surface area contributed by atoms with Crippen LogP contribution in [0.3, 0.4) is 0 Å². The van der Waals surface area contributed by atoms with Gasteiger partial charge in [-0.25, -0.2) is 8.78 Å². The van der Waals surface area contributed by atoms with Gasteiger partial charge in [0, 0.05) is 12.1 Å². The second-order valence-corrected chi connectivity index (χ2v) is 4.00. The monoisotopic (exact) mass is 294 g/mol. The van der Waals surface area contributed by atoms with E-state index in [1.54, 1.807) is 0 Å². The number of rotatable bonds is 6. The van der Waals surface area contributed by atoms with Crippen molar-refractivity contribution in [2.24, 2.45) is 0 Å². The molecule has 0 amide bonds. The molecule has 0 atom stereocenters. The Morgan fingerprint density at radius 2 is 1.14 bits per heavy atom. The van der Waals surface area contributed by atoms with Crippen molar-refractivity contribution in [2.45, 2.75) is 0 Å². The van der Waals surface area contributed by atoms with E-state index in [4.69, 9.17) is 18.8 Å². The topological polar surface area (TPSA) is 36.9 Å². The molecule has 0 saturated heterocycles. The van der Waals surface area contributed by atoms with Crippen LogP contribution in [0.4, 0.5) is 8.78 Å². The zero-order valence-electron chi connectivity index (χ0n) is 11.6. The lowest BCUT2D eigenvalue weighted by Crippen LogP contribution is -2.12. The van der Waals surface area contributed by atoms with Crippen LogP contribution in [-0.2, 0) is 0 Å². The first kappa shape index (κ1) is 15.0. The molecule has 4 nitrogen and oxygen atoms in total. The first-order valence-electron chi connectivity index (χ1n) is 6.06. The molecule has 0 aromatic heterocycles. The van der Waals surface area contributed by atoms with E-state index in [9.17, 15) is 8.78 Å². The molecule has 0 aliphatic heterocycles. The minimum absolute atomic E-state index is 0.163. The fourth-order valence-electron chi connectivity index (χ4n) is 1.68. The van der Waals surface area contributed by atoms with Crippen LogP contribution in [0.5, 0.6) is 23.0 Å². The van der Waals surface area contributed by atoms with Crippen LogP contribution < -0.4 is 18.8 Å². The molecule has 0 fully saturated rings. The lowest BCUT2D eigenvalue weighted by atomic mass is 10.2. The Hall–Kier alpha value is -2.44. The van der Waals surface area contributed by atoms with E-state index in [-0.39, 0.29) is 19.2 Å². The zero-order chi connectivity index (χ0) is 15.2. The van der Waals surface area contributed by atoms with E-state index in [0.29, 0.717) is 11.5 Å². The Bertz CT molecular complexity index is 568. The van der Waals surface area contributed by atoms with Crippen LogP contribution in [0.1, 0.15) is 0 Å². The maximum Gasteiger partial charge on any atom is 0.576 e. The smallest absolute Gasteiger partial charge is 0.526 e. The molecular formula is C14H13BF2O4. The Labute approximate surface area is 121 Å². The molecule has 2 aromatic rings. The highest BCUT2D eigenvalue weighted by molar-refractivity contribution is 6.21. The molecule has 0 radical (unpaired) electrons. The van der Waals surface area contributed by atoms with Crippen LogP contribution in [0.25, 0.3) is 0 Å². The molecule has 0 unspecified atom stereocenters. The third-order valence-electron chi connectivity index (χ3n) is 2.68. The summed E-state index contributed by atoms with van der Waals surface area (Å²) in [6.45, 7) is 0. The molecule has 2 rings (SSSR count). The highest BCUT2D eigenvalue weighted by Crippen LogP contribution is 2.29. The molecule has 2 aromatic carbocycles. The molecule has 0 aliphatic carbocycles. The summed E-state index contributed by atoms with van der Waals surface area (Å²) in [7, 11) is 2.65. The van der Waals surface area contributed by atoms with E-state index in [0.717, 1.165) is 0 Å². The number of hydrogen-bond acceptors (Lipinski definition) is 4. The highest BCUT2D eigenvalue weighted by atomic mass is 19.1. The third kappa shape index (κ3) is 3.78. The molecule has 0 bridgehead atoms. The third-order valence-corrected chi connectivity index (χ3v) is 2.68. The fraction of sp³-hybridized carbons (Fsp3) is 0.143. The van der Waals surface area contributed by atoms with E-state index >= 15 is 0 Å². The van der Waals surface area contributed by atoms with E-state index in [1.165, 1.54) is 50.6 Å². The van der Waals surface area contributed by atoms with Gasteiger partial charge in [-0.05, 0) is 24.3 Å². The van der Waals surface area contributed by atoms with Crippen LogP contribution in [-0.4, -0.2) is 21.9 Å². The van der Waals surface area contributed by atoms with Gasteiger partial charge in [0.05, 0.1) is 14.2 Å². The Morgan fingerprint density at radius 1 is 0.714 bits per heavy atom. The number of methoxy groups -OCH3 is 2. The standard InChI is InChI=1S/C14H13BF2O4/c1-18-13-7-9(16)3-5-11(13)20-15-21-12-6-4-10(17)8-14(12)19-2/h3-8,15H,1-2H3. The minimum atomic E-state index is -0.430. The van der Waals surface area contributed by atoms with Crippen molar-refractivity contribution in [3.05, 3.63) is 48.0 Å². The van der Waals surface area contributed by atoms with Gasteiger partial charge in [-0.3, -0.25) is 0 Å². The Morgan fingerprint density at radius 3 is 1.52 bits per heavy atom. The minimum Gasteiger partial charge on any atom is -0.526 e. The van der Waals surface area contributed by atoms with Crippen molar-refractivity contribution in [3.8, 4) is 23.0 Å². The second kappa shape index (κ2) is 6.83. The number of halogens is 2. The molecule has 0 spiro atoms. The van der Waals surface area contributed by atoms with Crippen molar-refractivity contribution >= 4 is 7.69 Å². The maximum absolute atomic E-state index is 13.0. The van der Waals surface area contributed by atoms with E-state index in [2.05, 4.69) is 0 Å². The molecule has 0 aliphatic rings. The van der Waals surface area contributed by atoms with Gasteiger partial charge in [0.2, 0.25) is 0 Å². The molecular weight excluding hydrogens is 281 g/mol. The van der Waals surface area contributed by atoms with Gasteiger partial charge < -0.3 is 18.8 Å². The van der Waals surface area contributed by atoms with Crippen LogP contribution in [0.2, 0.25) is 0 Å². The molecule has 0 heterocycles. The summed E-state index contributed by atoms with van der Waals surface area (Å²) in [6, 6.07) is 7.76. The van der Waals surface area contributed by atoms with E-state index < -0.39 is 11.6 Å². The van der Waals surface area contributed by atoms with E-state index in [1.807, 2.05) is 0 Å². The SMILES string of the molecule is COc1cc(F)ccc1OBOc1ccc(F)cc1OC. The van der Waals surface area contributed by atoms with Gasteiger partial charge in [0.1, 0.15) is 23.1 Å². The molecule has 21 heavy (non-hydrogen) atoms. The lowest BCUT2D eigenvalue weighted by molar-refractivity contribution is 0.367. The highest BCUT2D eigenvalue weighted by Gasteiger charge is 2.10. The quantitative estimate of drug-likeness (QED) is 0.768. The van der Waals surface area contributed by atoms with Crippen LogP contribution in [0.15, 0.2) is 36.4 Å². The molecule has 110 valence electrons. The summed E-state index contributed by atoms with van der Waals surface area (Å²) in [6.07, 6.45) is 0. The second-order valence-electron chi connectivity index (χ2n) is 4.00. The van der Waals surface area contributed by atoms with Gasteiger partial charge in [0.15, 0.2) is 11.5 Å². The average Bonchev–Trinajstić information content (AvgIpc) is 2.49. The average molecular weight is 294 g/mol. The van der Waals surface area contributed by atoms with Gasteiger partial charge in [-0.15, -0.1) is 0 Å². The molecule has 7 heteroatoms. The van der Waals surface area contributed by atoms with Crippen LogP contribution >= 0.6 is 0 Å². The Kier molecular flexibility index (Phi) is 4.87. The van der Waals surface area contributed by atoms with Gasteiger partial charge in [0.25, 0.3) is 0 Å².